The molecule has 4 rings (SSSR count). The molecule has 1 N–H and O–H groups in total. The summed E-state index contributed by atoms with van der Waals surface area (Å²) < 4.78 is 13.4. The van der Waals surface area contributed by atoms with E-state index in [0.29, 0.717) is 28.7 Å². The molecular formula is C23H20N4O2S. The summed E-state index contributed by atoms with van der Waals surface area (Å²) in [6.07, 6.45) is 1.71. The number of nitrogens with zero attached hydrogens (tertiary/aromatic N) is 3. The van der Waals surface area contributed by atoms with E-state index in [-0.39, 0.29) is 0 Å². The molecule has 0 amide bonds. The molecule has 0 radical (unpaired) electrons. The van der Waals surface area contributed by atoms with Gasteiger partial charge in [-0.3, -0.25) is 0 Å². The first-order valence-corrected chi connectivity index (χ1v) is 9.77. The second-order valence-electron chi connectivity index (χ2n) is 6.46. The third-order valence-electron chi connectivity index (χ3n) is 4.43. The average molecular weight is 417 g/mol. The molecule has 3 aromatic carbocycles. The van der Waals surface area contributed by atoms with Crippen molar-refractivity contribution >= 4 is 18.4 Å². The molecule has 0 unspecified atom stereocenters. The fraction of sp³-hybridized carbons (Fsp3) is 0.0870. The number of methoxy groups -OCH3 is 1. The van der Waals surface area contributed by atoms with E-state index in [9.17, 15) is 0 Å². The van der Waals surface area contributed by atoms with E-state index < -0.39 is 0 Å². The Morgan fingerprint density at radius 1 is 1.00 bits per heavy atom. The Bertz CT molecular complexity index is 1200. The fourth-order valence-corrected chi connectivity index (χ4v) is 3.10. The largest absolute Gasteiger partial charge is 0.493 e. The highest BCUT2D eigenvalue weighted by atomic mass is 32.1. The van der Waals surface area contributed by atoms with Crippen LogP contribution in [0.15, 0.2) is 84.0 Å². The van der Waals surface area contributed by atoms with E-state index in [1.807, 2.05) is 78.9 Å². The van der Waals surface area contributed by atoms with Crippen molar-refractivity contribution in [3.05, 3.63) is 94.8 Å². The van der Waals surface area contributed by atoms with Gasteiger partial charge in [0, 0.05) is 5.56 Å². The van der Waals surface area contributed by atoms with Crippen LogP contribution in [0.3, 0.4) is 0 Å². The SMILES string of the molecule is COc1ccc(/C=N/n2c(-c3ccccc3)n[nH]c2=S)cc1OCc1ccccc1. The number of benzene rings is 3. The van der Waals surface area contributed by atoms with Crippen LogP contribution < -0.4 is 9.47 Å². The summed E-state index contributed by atoms with van der Waals surface area (Å²) in [5.74, 6) is 1.95. The van der Waals surface area contributed by atoms with E-state index in [1.54, 1.807) is 18.0 Å². The van der Waals surface area contributed by atoms with Crippen LogP contribution in [0, 0.1) is 4.77 Å². The van der Waals surface area contributed by atoms with Gasteiger partial charge in [0.25, 0.3) is 0 Å². The Morgan fingerprint density at radius 2 is 1.73 bits per heavy atom. The summed E-state index contributed by atoms with van der Waals surface area (Å²) >= 11 is 5.34. The zero-order valence-electron chi connectivity index (χ0n) is 16.4. The predicted octanol–water partition coefficient (Wildman–Crippen LogP) is 5.08. The number of nitrogens with one attached hydrogen (secondary N) is 1. The van der Waals surface area contributed by atoms with Gasteiger partial charge in [0.2, 0.25) is 4.77 Å². The number of hydrogen-bond acceptors (Lipinski definition) is 5. The Labute approximate surface area is 179 Å². The maximum Gasteiger partial charge on any atom is 0.216 e. The molecule has 0 atom stereocenters. The lowest BCUT2D eigenvalue weighted by Gasteiger charge is -2.11. The van der Waals surface area contributed by atoms with Crippen molar-refractivity contribution < 1.29 is 9.47 Å². The van der Waals surface area contributed by atoms with Gasteiger partial charge in [0.15, 0.2) is 17.3 Å². The molecule has 0 spiro atoms. The minimum Gasteiger partial charge on any atom is -0.493 e. The molecule has 6 nitrogen and oxygen atoms in total. The minimum absolute atomic E-state index is 0.416. The molecule has 1 heterocycles. The Morgan fingerprint density at radius 3 is 2.47 bits per heavy atom. The summed E-state index contributed by atoms with van der Waals surface area (Å²) in [6, 6.07) is 25.4. The smallest absolute Gasteiger partial charge is 0.216 e. The molecule has 0 aliphatic rings. The van der Waals surface area contributed by atoms with Crippen molar-refractivity contribution in [2.24, 2.45) is 5.10 Å². The average Bonchev–Trinajstić information content (AvgIpc) is 3.18. The van der Waals surface area contributed by atoms with E-state index >= 15 is 0 Å². The topological polar surface area (TPSA) is 64.4 Å². The molecular weight excluding hydrogens is 396 g/mol. The Kier molecular flexibility index (Phi) is 6.01. The van der Waals surface area contributed by atoms with Gasteiger partial charge in [-0.25, -0.2) is 5.10 Å². The lowest BCUT2D eigenvalue weighted by Crippen LogP contribution is -1.99. The van der Waals surface area contributed by atoms with Gasteiger partial charge in [-0.1, -0.05) is 60.7 Å². The third-order valence-corrected chi connectivity index (χ3v) is 4.69. The molecule has 4 aromatic rings. The van der Waals surface area contributed by atoms with Crippen molar-refractivity contribution in [2.75, 3.05) is 7.11 Å². The van der Waals surface area contributed by atoms with Crippen molar-refractivity contribution in [3.8, 4) is 22.9 Å². The molecule has 1 aromatic heterocycles. The first-order chi connectivity index (χ1) is 14.7. The number of hydrogen-bond donors (Lipinski definition) is 1. The standard InChI is InChI=1S/C23H20N4O2S/c1-28-20-13-12-18(14-21(20)29-16-17-8-4-2-5-9-17)15-24-27-22(25-26-23(27)30)19-10-6-3-7-11-19/h2-15H,16H2,1H3,(H,26,30)/b24-15+. The maximum absolute atomic E-state index is 5.98. The molecule has 0 aliphatic heterocycles. The van der Waals surface area contributed by atoms with E-state index in [1.165, 1.54) is 0 Å². The van der Waals surface area contributed by atoms with Crippen LogP contribution in [0.25, 0.3) is 11.4 Å². The Hall–Kier alpha value is -3.71. The highest BCUT2D eigenvalue weighted by Crippen LogP contribution is 2.28. The van der Waals surface area contributed by atoms with Gasteiger partial charge in [-0.2, -0.15) is 14.9 Å². The van der Waals surface area contributed by atoms with Crippen molar-refractivity contribution in [3.63, 3.8) is 0 Å². The summed E-state index contributed by atoms with van der Waals surface area (Å²) in [7, 11) is 1.62. The summed E-state index contributed by atoms with van der Waals surface area (Å²) in [6.45, 7) is 0.447. The first-order valence-electron chi connectivity index (χ1n) is 9.36. The molecule has 0 saturated heterocycles. The van der Waals surface area contributed by atoms with Crippen LogP contribution in [0.4, 0.5) is 0 Å². The minimum atomic E-state index is 0.416. The van der Waals surface area contributed by atoms with Crippen molar-refractivity contribution in [2.45, 2.75) is 6.61 Å². The van der Waals surface area contributed by atoms with Crippen molar-refractivity contribution in [1.29, 1.82) is 0 Å². The summed E-state index contributed by atoms with van der Waals surface area (Å²) in [5, 5.41) is 11.6. The second kappa shape index (κ2) is 9.19. The second-order valence-corrected chi connectivity index (χ2v) is 6.85. The molecule has 0 fully saturated rings. The number of aromatic amines is 1. The van der Waals surface area contributed by atoms with Gasteiger partial charge >= 0.3 is 0 Å². The van der Waals surface area contributed by atoms with Crippen LogP contribution in [0.5, 0.6) is 11.5 Å². The highest BCUT2D eigenvalue weighted by Gasteiger charge is 2.08. The highest BCUT2D eigenvalue weighted by molar-refractivity contribution is 7.71. The number of H-pyrrole nitrogens is 1. The molecule has 0 bridgehead atoms. The molecule has 7 heteroatoms. The molecule has 0 saturated carbocycles. The molecule has 150 valence electrons. The number of ether oxygens (including phenoxy) is 2. The van der Waals surface area contributed by atoms with Crippen LogP contribution in [0.2, 0.25) is 0 Å². The number of rotatable bonds is 7. The summed E-state index contributed by atoms with van der Waals surface area (Å²) in [5.41, 5.74) is 2.85. The summed E-state index contributed by atoms with van der Waals surface area (Å²) in [4.78, 5) is 0. The quantitative estimate of drug-likeness (QED) is 0.337. The van der Waals surface area contributed by atoms with Crippen LogP contribution >= 0.6 is 12.2 Å². The molecule has 0 aliphatic carbocycles. The van der Waals surface area contributed by atoms with Gasteiger partial charge < -0.3 is 9.47 Å². The predicted molar refractivity (Wildman–Crippen MR) is 120 cm³/mol. The first kappa shape index (κ1) is 19.6. The van der Waals surface area contributed by atoms with Crippen molar-refractivity contribution in [1.82, 2.24) is 14.9 Å². The van der Waals surface area contributed by atoms with E-state index in [2.05, 4.69) is 15.3 Å². The number of aromatic nitrogens is 3. The molecule has 30 heavy (non-hydrogen) atoms. The zero-order chi connectivity index (χ0) is 20.8. The van der Waals surface area contributed by atoms with Crippen LogP contribution in [-0.4, -0.2) is 28.2 Å². The normalized spacial score (nSPS) is 11.0. The fourth-order valence-electron chi connectivity index (χ4n) is 2.92. The Balaban J connectivity index is 1.59. The van der Waals surface area contributed by atoms with Crippen LogP contribution in [0.1, 0.15) is 11.1 Å². The third kappa shape index (κ3) is 4.47. The lowest BCUT2D eigenvalue weighted by atomic mass is 10.2. The zero-order valence-corrected chi connectivity index (χ0v) is 17.2. The van der Waals surface area contributed by atoms with Gasteiger partial charge in [0.1, 0.15) is 6.61 Å². The van der Waals surface area contributed by atoms with Gasteiger partial charge in [-0.05, 0) is 41.5 Å². The van der Waals surface area contributed by atoms with E-state index in [4.69, 9.17) is 21.7 Å². The van der Waals surface area contributed by atoms with Gasteiger partial charge in [0.05, 0.1) is 13.3 Å². The van der Waals surface area contributed by atoms with E-state index in [0.717, 1.165) is 16.7 Å². The van der Waals surface area contributed by atoms with Gasteiger partial charge in [-0.15, -0.1) is 0 Å². The maximum atomic E-state index is 5.98. The van der Waals surface area contributed by atoms with Crippen LogP contribution in [-0.2, 0) is 6.61 Å². The lowest BCUT2D eigenvalue weighted by molar-refractivity contribution is 0.284. The monoisotopic (exact) mass is 416 g/mol.